The Balaban J connectivity index is 1.83. The lowest BCUT2D eigenvalue weighted by atomic mass is 10.1. The van der Waals surface area contributed by atoms with Gasteiger partial charge in [-0.25, -0.2) is 9.37 Å². The Bertz CT molecular complexity index is 969. The highest BCUT2D eigenvalue weighted by Crippen LogP contribution is 2.18. The van der Waals surface area contributed by atoms with Crippen molar-refractivity contribution in [2.24, 2.45) is 0 Å². The third-order valence-corrected chi connectivity index (χ3v) is 4.35. The molecule has 0 aliphatic rings. The van der Waals surface area contributed by atoms with E-state index in [1.807, 2.05) is 37.3 Å². The quantitative estimate of drug-likeness (QED) is 0.734. The van der Waals surface area contributed by atoms with Crippen LogP contribution in [0.5, 0.6) is 0 Å². The number of fused-ring (bicyclic) bond motifs is 1. The maximum Gasteiger partial charge on any atom is 0.261 e. The first-order valence-electron chi connectivity index (χ1n) is 7.92. The zero-order chi connectivity index (χ0) is 18.0. The maximum absolute atomic E-state index is 13.2. The lowest BCUT2D eigenvalue weighted by Gasteiger charge is -2.25. The molecule has 2 aromatic carbocycles. The summed E-state index contributed by atoms with van der Waals surface area (Å²) in [5.41, 5.74) is 0.927. The molecule has 0 aliphatic heterocycles. The van der Waals surface area contributed by atoms with Gasteiger partial charge in [-0.05, 0) is 24.6 Å². The standard InChI is InChI=1S/C19H18FN3O2/c1-13(14-6-4-3-5-7-14)22(2)18(24)11-23-12-21-17-10-15(20)8-9-16(17)19(23)25/h3-10,12-13H,11H2,1-2H3. The summed E-state index contributed by atoms with van der Waals surface area (Å²) in [5.74, 6) is -0.661. The lowest BCUT2D eigenvalue weighted by Crippen LogP contribution is -2.35. The van der Waals surface area contributed by atoms with Gasteiger partial charge in [0, 0.05) is 13.1 Å². The van der Waals surface area contributed by atoms with E-state index < -0.39 is 5.82 Å². The van der Waals surface area contributed by atoms with Crippen LogP contribution in [0.4, 0.5) is 4.39 Å². The summed E-state index contributed by atoms with van der Waals surface area (Å²) in [6.45, 7) is 1.81. The molecule has 1 aromatic heterocycles. The maximum atomic E-state index is 13.2. The van der Waals surface area contributed by atoms with Gasteiger partial charge in [-0.2, -0.15) is 0 Å². The third-order valence-electron chi connectivity index (χ3n) is 4.35. The van der Waals surface area contributed by atoms with Gasteiger partial charge in [0.25, 0.3) is 5.56 Å². The molecule has 1 atom stereocenters. The number of halogens is 1. The molecule has 0 saturated carbocycles. The van der Waals surface area contributed by atoms with Gasteiger partial charge in [-0.15, -0.1) is 0 Å². The van der Waals surface area contributed by atoms with Crippen molar-refractivity contribution in [2.45, 2.75) is 19.5 Å². The summed E-state index contributed by atoms with van der Waals surface area (Å²) in [7, 11) is 1.70. The van der Waals surface area contributed by atoms with Crippen molar-refractivity contribution in [3.05, 3.63) is 76.6 Å². The molecule has 0 bridgehead atoms. The number of nitrogens with zero attached hydrogens (tertiary/aromatic N) is 3. The van der Waals surface area contributed by atoms with Crippen LogP contribution in [0.25, 0.3) is 10.9 Å². The second-order valence-corrected chi connectivity index (χ2v) is 5.93. The van der Waals surface area contributed by atoms with Gasteiger partial charge in [0.05, 0.1) is 23.3 Å². The van der Waals surface area contributed by atoms with E-state index in [4.69, 9.17) is 0 Å². The Kier molecular flexibility index (Phi) is 4.61. The summed E-state index contributed by atoms with van der Waals surface area (Å²) in [5, 5.41) is 0.287. The number of likely N-dealkylation sites (N-methyl/N-ethyl adjacent to an activating group) is 1. The molecule has 5 nitrogen and oxygen atoms in total. The van der Waals surface area contributed by atoms with Gasteiger partial charge >= 0.3 is 0 Å². The van der Waals surface area contributed by atoms with Gasteiger partial charge in [-0.1, -0.05) is 30.3 Å². The first-order chi connectivity index (χ1) is 12.0. The average molecular weight is 339 g/mol. The monoisotopic (exact) mass is 339 g/mol. The minimum atomic E-state index is -0.454. The summed E-state index contributed by atoms with van der Waals surface area (Å²) in [4.78, 5) is 30.7. The van der Waals surface area contributed by atoms with E-state index in [0.717, 1.165) is 5.56 Å². The number of benzene rings is 2. The van der Waals surface area contributed by atoms with E-state index in [1.54, 1.807) is 11.9 Å². The number of aromatic nitrogens is 2. The zero-order valence-electron chi connectivity index (χ0n) is 14.0. The van der Waals surface area contributed by atoms with Crippen LogP contribution in [0.1, 0.15) is 18.5 Å². The fraction of sp³-hybridized carbons (Fsp3) is 0.211. The van der Waals surface area contributed by atoms with Crippen molar-refractivity contribution < 1.29 is 9.18 Å². The van der Waals surface area contributed by atoms with E-state index in [0.29, 0.717) is 0 Å². The molecule has 0 radical (unpaired) electrons. The third kappa shape index (κ3) is 3.42. The molecular formula is C19H18FN3O2. The molecule has 1 unspecified atom stereocenters. The normalized spacial score (nSPS) is 12.1. The fourth-order valence-electron chi connectivity index (χ4n) is 2.67. The summed E-state index contributed by atoms with van der Waals surface area (Å²) in [6, 6.07) is 13.3. The smallest absolute Gasteiger partial charge is 0.261 e. The minimum Gasteiger partial charge on any atom is -0.337 e. The SMILES string of the molecule is CC(c1ccccc1)N(C)C(=O)Cn1cnc2cc(F)ccc2c1=O. The van der Waals surface area contributed by atoms with E-state index >= 15 is 0 Å². The van der Waals surface area contributed by atoms with E-state index in [9.17, 15) is 14.0 Å². The highest BCUT2D eigenvalue weighted by Gasteiger charge is 2.18. The molecule has 128 valence electrons. The van der Waals surface area contributed by atoms with Crippen molar-refractivity contribution in [1.82, 2.24) is 14.5 Å². The molecular weight excluding hydrogens is 321 g/mol. The largest absolute Gasteiger partial charge is 0.337 e. The molecule has 25 heavy (non-hydrogen) atoms. The molecule has 3 rings (SSSR count). The zero-order valence-corrected chi connectivity index (χ0v) is 14.0. The van der Waals surface area contributed by atoms with Crippen LogP contribution in [0.2, 0.25) is 0 Å². The highest BCUT2D eigenvalue weighted by molar-refractivity contribution is 5.79. The molecule has 0 N–H and O–H groups in total. The van der Waals surface area contributed by atoms with Gasteiger partial charge < -0.3 is 4.90 Å². The first-order valence-corrected chi connectivity index (χ1v) is 7.92. The number of hydrogen-bond donors (Lipinski definition) is 0. The Morgan fingerprint density at radius 1 is 1.24 bits per heavy atom. The Morgan fingerprint density at radius 2 is 1.96 bits per heavy atom. The minimum absolute atomic E-state index is 0.118. The lowest BCUT2D eigenvalue weighted by molar-refractivity contribution is -0.132. The topological polar surface area (TPSA) is 55.2 Å². The van der Waals surface area contributed by atoms with Crippen LogP contribution < -0.4 is 5.56 Å². The Hall–Kier alpha value is -3.02. The van der Waals surface area contributed by atoms with Crippen LogP contribution in [0.15, 0.2) is 59.7 Å². The van der Waals surface area contributed by atoms with E-state index in [-0.39, 0.29) is 35.0 Å². The Labute approximate surface area is 144 Å². The van der Waals surface area contributed by atoms with Gasteiger partial charge in [0.1, 0.15) is 12.4 Å². The summed E-state index contributed by atoms with van der Waals surface area (Å²) in [6.07, 6.45) is 1.28. The van der Waals surface area contributed by atoms with Crippen LogP contribution in [-0.2, 0) is 11.3 Å². The van der Waals surface area contributed by atoms with Crippen LogP contribution in [-0.4, -0.2) is 27.4 Å². The van der Waals surface area contributed by atoms with Crippen LogP contribution >= 0.6 is 0 Å². The van der Waals surface area contributed by atoms with E-state index in [1.165, 1.54) is 29.1 Å². The number of rotatable bonds is 4. The number of hydrogen-bond acceptors (Lipinski definition) is 3. The number of carbonyl (C=O) groups excluding carboxylic acids is 1. The number of carbonyl (C=O) groups is 1. The van der Waals surface area contributed by atoms with Crippen molar-refractivity contribution >= 4 is 16.8 Å². The predicted molar refractivity (Wildman–Crippen MR) is 93.6 cm³/mol. The molecule has 1 heterocycles. The molecule has 0 aliphatic carbocycles. The predicted octanol–water partition coefficient (Wildman–Crippen LogP) is 2.76. The number of amides is 1. The van der Waals surface area contributed by atoms with Crippen LogP contribution in [0, 0.1) is 5.82 Å². The average Bonchev–Trinajstić information content (AvgIpc) is 2.63. The summed E-state index contributed by atoms with van der Waals surface area (Å²) < 4.78 is 14.5. The fourth-order valence-corrected chi connectivity index (χ4v) is 2.67. The van der Waals surface area contributed by atoms with Gasteiger partial charge in [-0.3, -0.25) is 14.2 Å². The van der Waals surface area contributed by atoms with Crippen molar-refractivity contribution in [3.8, 4) is 0 Å². The summed E-state index contributed by atoms with van der Waals surface area (Å²) >= 11 is 0. The Morgan fingerprint density at radius 3 is 2.68 bits per heavy atom. The molecule has 0 spiro atoms. The molecule has 6 heteroatoms. The molecule has 0 fully saturated rings. The van der Waals surface area contributed by atoms with Crippen molar-refractivity contribution in [3.63, 3.8) is 0 Å². The first kappa shape index (κ1) is 16.8. The molecule has 0 saturated heterocycles. The molecule has 3 aromatic rings. The van der Waals surface area contributed by atoms with Crippen molar-refractivity contribution in [2.75, 3.05) is 7.05 Å². The second kappa shape index (κ2) is 6.84. The second-order valence-electron chi connectivity index (χ2n) is 5.93. The van der Waals surface area contributed by atoms with Gasteiger partial charge in [0.15, 0.2) is 0 Å². The highest BCUT2D eigenvalue weighted by atomic mass is 19.1. The van der Waals surface area contributed by atoms with Crippen LogP contribution in [0.3, 0.4) is 0 Å². The molecule has 1 amide bonds. The van der Waals surface area contributed by atoms with Crippen molar-refractivity contribution in [1.29, 1.82) is 0 Å². The van der Waals surface area contributed by atoms with Gasteiger partial charge in [0.2, 0.25) is 5.91 Å². The van der Waals surface area contributed by atoms with E-state index in [2.05, 4.69) is 4.98 Å².